The Morgan fingerprint density at radius 3 is 2.70 bits per heavy atom. The molecule has 1 amide bonds. The smallest absolute Gasteiger partial charge is 0.402 e. The molecule has 1 saturated carbocycles. The molecule has 7 rings (SSSR count). The number of carbonyl (C=O) groups excluding carboxylic acids is 1. The molecule has 4 aromatic rings. The molecule has 1 unspecified atom stereocenters. The van der Waals surface area contributed by atoms with Crippen LogP contribution in [0.1, 0.15) is 22.6 Å². The van der Waals surface area contributed by atoms with Crippen molar-refractivity contribution < 1.29 is 27.1 Å². The van der Waals surface area contributed by atoms with Crippen molar-refractivity contribution in [1.82, 2.24) is 15.2 Å². The highest BCUT2D eigenvalue weighted by Crippen LogP contribution is 2.47. The molecule has 40 heavy (non-hydrogen) atoms. The Morgan fingerprint density at radius 2 is 1.88 bits per heavy atom. The van der Waals surface area contributed by atoms with Gasteiger partial charge in [-0.15, -0.1) is 5.10 Å². The van der Waals surface area contributed by atoms with Crippen LogP contribution in [-0.2, 0) is 15.7 Å². The van der Waals surface area contributed by atoms with Gasteiger partial charge in [0.1, 0.15) is 5.00 Å². The fourth-order valence-corrected chi connectivity index (χ4v) is 5.84. The first-order valence-electron chi connectivity index (χ1n) is 12.5. The van der Waals surface area contributed by atoms with E-state index in [9.17, 15) is 18.0 Å². The van der Waals surface area contributed by atoms with Gasteiger partial charge >= 0.3 is 12.2 Å². The first-order valence-corrected chi connectivity index (χ1v) is 13.3. The van der Waals surface area contributed by atoms with Gasteiger partial charge in [-0.1, -0.05) is 65.0 Å². The minimum absolute atomic E-state index is 0.00695. The van der Waals surface area contributed by atoms with Crippen molar-refractivity contribution in [2.75, 3.05) is 28.7 Å². The number of fused-ring (bicyclic) bond motifs is 2. The fraction of sp³-hybridized carbons (Fsp3) is 0.269. The van der Waals surface area contributed by atoms with Crippen molar-refractivity contribution in [2.45, 2.75) is 30.9 Å². The van der Waals surface area contributed by atoms with Crippen molar-refractivity contribution >= 4 is 39.7 Å². The molecule has 1 saturated heterocycles. The number of hydrogen-bond acceptors (Lipinski definition) is 10. The Bertz CT molecular complexity index is 1620. The number of hydrogen-bond donors (Lipinski definition) is 2. The molecule has 4 heterocycles. The molecule has 0 bridgehead atoms. The van der Waals surface area contributed by atoms with Crippen LogP contribution in [0.15, 0.2) is 64.0 Å². The number of para-hydroxylation sites is 1. The molecular weight excluding hydrogens is 547 g/mol. The molecule has 1 aliphatic carbocycles. The zero-order valence-corrected chi connectivity index (χ0v) is 21.4. The number of halogens is 3. The molecule has 2 fully saturated rings. The number of aliphatic imine (C=N–C) groups is 1. The van der Waals surface area contributed by atoms with Crippen LogP contribution >= 0.6 is 11.3 Å². The van der Waals surface area contributed by atoms with E-state index < -0.39 is 23.3 Å². The Hall–Kier alpha value is -4.30. The average molecular weight is 568 g/mol. The van der Waals surface area contributed by atoms with Crippen LogP contribution in [0.4, 0.5) is 29.9 Å². The second-order valence-corrected chi connectivity index (χ2v) is 10.4. The van der Waals surface area contributed by atoms with Gasteiger partial charge in [-0.25, -0.2) is 9.98 Å². The molecule has 2 aliphatic heterocycles. The van der Waals surface area contributed by atoms with Gasteiger partial charge in [0.15, 0.2) is 5.69 Å². The lowest BCUT2D eigenvalue weighted by molar-refractivity contribution is -0.137. The lowest BCUT2D eigenvalue weighted by atomic mass is 10.0. The Balaban J connectivity index is 1.22. The number of nitrogens with one attached hydrogen (secondary N) is 2. The predicted octanol–water partition coefficient (Wildman–Crippen LogP) is 4.42. The summed E-state index contributed by atoms with van der Waals surface area (Å²) in [6.07, 6.45) is -5.07. The van der Waals surface area contributed by atoms with Crippen LogP contribution in [0.25, 0.3) is 11.6 Å². The van der Waals surface area contributed by atoms with Gasteiger partial charge in [-0.2, -0.15) is 13.2 Å². The molecule has 0 spiro atoms. The third-order valence-corrected chi connectivity index (χ3v) is 7.90. The summed E-state index contributed by atoms with van der Waals surface area (Å²) in [6.45, 7) is 0.824. The predicted molar refractivity (Wildman–Crippen MR) is 140 cm³/mol. The summed E-state index contributed by atoms with van der Waals surface area (Å²) < 4.78 is 52.2. The highest BCUT2D eigenvalue weighted by Gasteiger charge is 2.48. The lowest BCUT2D eigenvalue weighted by Gasteiger charge is -2.27. The van der Waals surface area contributed by atoms with Crippen molar-refractivity contribution in [2.24, 2.45) is 4.99 Å². The van der Waals surface area contributed by atoms with Gasteiger partial charge in [-0.05, 0) is 12.5 Å². The Kier molecular flexibility index (Phi) is 5.82. The van der Waals surface area contributed by atoms with E-state index in [1.54, 1.807) is 12.1 Å². The minimum atomic E-state index is -4.63. The number of ether oxygens (including phenoxy) is 1. The fourth-order valence-electron chi connectivity index (χ4n) is 4.83. The summed E-state index contributed by atoms with van der Waals surface area (Å²) in [7, 11) is 0. The van der Waals surface area contributed by atoms with Gasteiger partial charge in [0.25, 0.3) is 11.8 Å². The molecule has 3 aliphatic rings. The van der Waals surface area contributed by atoms with Crippen molar-refractivity contribution in [3.8, 4) is 11.6 Å². The van der Waals surface area contributed by atoms with E-state index in [2.05, 4.69) is 30.8 Å². The van der Waals surface area contributed by atoms with E-state index in [1.807, 2.05) is 47.4 Å². The maximum absolute atomic E-state index is 13.6. The normalized spacial score (nSPS) is 22.1. The van der Waals surface area contributed by atoms with Crippen molar-refractivity contribution in [3.05, 3.63) is 70.7 Å². The number of morpholine rings is 1. The summed E-state index contributed by atoms with van der Waals surface area (Å²) in [4.78, 5) is 23.5. The molecule has 204 valence electrons. The molecule has 2 aromatic carbocycles. The Morgan fingerprint density at radius 1 is 1.07 bits per heavy atom. The Labute approximate surface area is 228 Å². The number of alkyl halides is 3. The molecule has 0 radical (unpaired) electrons. The van der Waals surface area contributed by atoms with Gasteiger partial charge < -0.3 is 24.7 Å². The standard InChI is InChI=1S/C26H20F3N7O3S/c27-26(28,29)24-32-19(23(40-24)36-10-11-38-17-12-16(17)36)22-34-35-25(39-22)33-20-21(37)30-15-9-5-4-8-14(15)18(31-20)13-6-2-1-3-7-13/h1-9,16-17,20H,10-12H2,(H,30,37)(H,33,35)/t16?,17-,20-/m0/s1. The SMILES string of the molecule is O=C1Nc2ccccc2C(c2ccccc2)=N[C@H]1Nc1nnc(-c2nc(C(F)(F)F)sc2N2CCO[C@H]3CC32)o1. The highest BCUT2D eigenvalue weighted by atomic mass is 32.1. The number of amides is 1. The number of carbonyl (C=O) groups is 1. The average Bonchev–Trinajstić information content (AvgIpc) is 3.42. The highest BCUT2D eigenvalue weighted by molar-refractivity contribution is 7.16. The summed E-state index contributed by atoms with van der Waals surface area (Å²) in [5, 5.41) is 12.9. The van der Waals surface area contributed by atoms with Gasteiger partial charge in [0, 0.05) is 17.7 Å². The van der Waals surface area contributed by atoms with E-state index >= 15 is 0 Å². The number of aromatic nitrogens is 3. The topological polar surface area (TPSA) is 118 Å². The first kappa shape index (κ1) is 24.7. The number of thiazole rings is 1. The van der Waals surface area contributed by atoms with Crippen LogP contribution in [-0.4, -0.2) is 58.3 Å². The minimum Gasteiger partial charge on any atom is -0.402 e. The lowest BCUT2D eigenvalue weighted by Crippen LogP contribution is -2.36. The first-order chi connectivity index (χ1) is 19.3. The second-order valence-electron chi connectivity index (χ2n) is 9.41. The zero-order chi connectivity index (χ0) is 27.4. The summed E-state index contributed by atoms with van der Waals surface area (Å²) in [6, 6.07) is 16.5. The monoisotopic (exact) mass is 567 g/mol. The summed E-state index contributed by atoms with van der Waals surface area (Å²) in [5.41, 5.74) is 2.61. The molecule has 14 heteroatoms. The van der Waals surface area contributed by atoms with E-state index in [4.69, 9.17) is 9.15 Å². The largest absolute Gasteiger partial charge is 0.443 e. The van der Waals surface area contributed by atoms with Gasteiger partial charge in [0.05, 0.1) is 30.2 Å². The number of benzodiazepines with no additional fused rings is 1. The molecule has 2 N–H and O–H groups in total. The van der Waals surface area contributed by atoms with Gasteiger partial charge in [-0.3, -0.25) is 4.79 Å². The third-order valence-electron chi connectivity index (χ3n) is 6.76. The molecule has 10 nitrogen and oxygen atoms in total. The van der Waals surface area contributed by atoms with Crippen LogP contribution in [0.3, 0.4) is 0 Å². The van der Waals surface area contributed by atoms with Crippen LogP contribution in [0.5, 0.6) is 0 Å². The molecule has 3 atom stereocenters. The van der Waals surface area contributed by atoms with E-state index in [1.165, 1.54) is 0 Å². The second kappa shape index (κ2) is 9.41. The van der Waals surface area contributed by atoms with E-state index in [0.717, 1.165) is 17.5 Å². The maximum atomic E-state index is 13.6. The van der Waals surface area contributed by atoms with Crippen LogP contribution in [0, 0.1) is 0 Å². The quantitative estimate of drug-likeness (QED) is 0.364. The van der Waals surface area contributed by atoms with Crippen LogP contribution < -0.4 is 15.5 Å². The number of anilines is 3. The number of nitrogens with zero attached hydrogens (tertiary/aromatic N) is 5. The van der Waals surface area contributed by atoms with Crippen LogP contribution in [0.2, 0.25) is 0 Å². The summed E-state index contributed by atoms with van der Waals surface area (Å²) in [5.74, 6) is -0.669. The van der Waals surface area contributed by atoms with E-state index in [0.29, 0.717) is 40.9 Å². The maximum Gasteiger partial charge on any atom is 0.443 e. The number of rotatable bonds is 5. The van der Waals surface area contributed by atoms with Crippen molar-refractivity contribution in [1.29, 1.82) is 0 Å². The number of benzene rings is 2. The van der Waals surface area contributed by atoms with E-state index in [-0.39, 0.29) is 29.7 Å². The third kappa shape index (κ3) is 4.48. The molecular formula is C26H20F3N7O3S. The summed E-state index contributed by atoms with van der Waals surface area (Å²) >= 11 is 0.537. The van der Waals surface area contributed by atoms with Gasteiger partial charge in [0.2, 0.25) is 11.2 Å². The molecule has 2 aromatic heterocycles. The zero-order valence-electron chi connectivity index (χ0n) is 20.6. The van der Waals surface area contributed by atoms with Crippen molar-refractivity contribution in [3.63, 3.8) is 0 Å².